The monoisotopic (exact) mass is 410 g/mol. The van der Waals surface area contributed by atoms with E-state index in [0.717, 1.165) is 22.5 Å². The molecule has 0 aliphatic carbocycles. The number of rotatable bonds is 8. The highest BCUT2D eigenvalue weighted by Crippen LogP contribution is 2.24. The number of carbonyl (C=O) groups is 1. The second-order valence-corrected chi connectivity index (χ2v) is 8.39. The van der Waals surface area contributed by atoms with Crippen molar-refractivity contribution >= 4 is 38.9 Å². The van der Waals surface area contributed by atoms with Gasteiger partial charge in [0, 0.05) is 10.7 Å². The van der Waals surface area contributed by atoms with Crippen LogP contribution in [0.3, 0.4) is 0 Å². The summed E-state index contributed by atoms with van der Waals surface area (Å²) in [6, 6.07) is 11.7. The van der Waals surface area contributed by atoms with Crippen molar-refractivity contribution in [3.8, 4) is 5.75 Å². The molecule has 0 aliphatic heterocycles. The number of carbonyl (C=O) groups excluding carboxylic acids is 1. The van der Waals surface area contributed by atoms with Gasteiger partial charge in [-0.3, -0.25) is 9.10 Å². The van der Waals surface area contributed by atoms with Crippen LogP contribution in [0, 0.1) is 6.92 Å². The fourth-order valence-electron chi connectivity index (χ4n) is 2.39. The van der Waals surface area contributed by atoms with E-state index in [1.165, 1.54) is 0 Å². The van der Waals surface area contributed by atoms with E-state index >= 15 is 0 Å². The summed E-state index contributed by atoms with van der Waals surface area (Å²) in [6.45, 7) is 4.01. The standard InChI is InChI=1S/C19H23ClN2O4S/c1-4-12-26-16-10-8-15(9-11-16)22(27(3,24)25)13-19(23)21-18-7-5-6-17(20)14(18)2/h5-11H,4,12-13H2,1-3H3,(H,21,23). The van der Waals surface area contributed by atoms with E-state index in [2.05, 4.69) is 5.32 Å². The first-order chi connectivity index (χ1) is 12.7. The Kier molecular flexibility index (Phi) is 7.10. The van der Waals surface area contributed by atoms with Crippen LogP contribution in [0.1, 0.15) is 18.9 Å². The molecule has 6 nitrogen and oxygen atoms in total. The number of hydrogen-bond donors (Lipinski definition) is 1. The lowest BCUT2D eigenvalue weighted by atomic mass is 10.2. The molecule has 0 saturated carbocycles. The Morgan fingerprint density at radius 2 is 1.85 bits per heavy atom. The Morgan fingerprint density at radius 1 is 1.19 bits per heavy atom. The topological polar surface area (TPSA) is 75.7 Å². The summed E-state index contributed by atoms with van der Waals surface area (Å²) >= 11 is 6.05. The molecular formula is C19H23ClN2O4S. The molecule has 0 fully saturated rings. The summed E-state index contributed by atoms with van der Waals surface area (Å²) in [6.07, 6.45) is 1.94. The van der Waals surface area contributed by atoms with E-state index in [1.807, 2.05) is 6.92 Å². The molecule has 2 aromatic rings. The quantitative estimate of drug-likeness (QED) is 0.717. The molecule has 8 heteroatoms. The van der Waals surface area contributed by atoms with Crippen LogP contribution in [0.15, 0.2) is 42.5 Å². The lowest BCUT2D eigenvalue weighted by molar-refractivity contribution is -0.114. The number of ether oxygens (including phenoxy) is 1. The number of sulfonamides is 1. The van der Waals surface area contributed by atoms with Crippen molar-refractivity contribution < 1.29 is 17.9 Å². The van der Waals surface area contributed by atoms with Crippen LogP contribution in [-0.2, 0) is 14.8 Å². The largest absolute Gasteiger partial charge is 0.494 e. The third kappa shape index (κ3) is 5.87. The molecule has 0 spiro atoms. The van der Waals surface area contributed by atoms with Gasteiger partial charge in [-0.1, -0.05) is 24.6 Å². The number of anilines is 2. The number of amides is 1. The zero-order valence-corrected chi connectivity index (χ0v) is 17.1. The van der Waals surface area contributed by atoms with Crippen LogP contribution in [0.25, 0.3) is 0 Å². The Bertz CT molecular complexity index is 898. The lowest BCUT2D eigenvalue weighted by Crippen LogP contribution is -2.37. The third-order valence-electron chi connectivity index (χ3n) is 3.83. The van der Waals surface area contributed by atoms with E-state index < -0.39 is 15.9 Å². The van der Waals surface area contributed by atoms with Gasteiger partial charge in [-0.15, -0.1) is 0 Å². The molecule has 1 amide bonds. The Hall–Kier alpha value is -2.25. The highest BCUT2D eigenvalue weighted by Gasteiger charge is 2.21. The molecule has 2 aromatic carbocycles. The zero-order valence-electron chi connectivity index (χ0n) is 15.5. The maximum atomic E-state index is 12.4. The van der Waals surface area contributed by atoms with Crippen LogP contribution in [0.2, 0.25) is 5.02 Å². The van der Waals surface area contributed by atoms with Gasteiger partial charge in [0.25, 0.3) is 0 Å². The first kappa shape index (κ1) is 21.1. The van der Waals surface area contributed by atoms with Gasteiger partial charge in [0.2, 0.25) is 15.9 Å². The van der Waals surface area contributed by atoms with Gasteiger partial charge in [0.05, 0.1) is 18.6 Å². The van der Waals surface area contributed by atoms with Crippen molar-refractivity contribution in [2.24, 2.45) is 0 Å². The molecule has 2 rings (SSSR count). The molecule has 0 aromatic heterocycles. The van der Waals surface area contributed by atoms with Crippen molar-refractivity contribution in [3.05, 3.63) is 53.1 Å². The van der Waals surface area contributed by atoms with Gasteiger partial charge in [-0.2, -0.15) is 0 Å². The van der Waals surface area contributed by atoms with Crippen molar-refractivity contribution in [1.29, 1.82) is 0 Å². The summed E-state index contributed by atoms with van der Waals surface area (Å²) in [5.41, 5.74) is 1.65. The van der Waals surface area contributed by atoms with E-state index in [-0.39, 0.29) is 6.54 Å². The zero-order chi connectivity index (χ0) is 20.0. The maximum Gasteiger partial charge on any atom is 0.245 e. The Labute approximate surface area is 165 Å². The number of nitrogens with zero attached hydrogens (tertiary/aromatic N) is 1. The smallest absolute Gasteiger partial charge is 0.245 e. The van der Waals surface area contributed by atoms with Crippen molar-refractivity contribution in [1.82, 2.24) is 0 Å². The van der Waals surface area contributed by atoms with Crippen molar-refractivity contribution in [2.75, 3.05) is 29.0 Å². The van der Waals surface area contributed by atoms with Crippen LogP contribution >= 0.6 is 11.6 Å². The normalized spacial score (nSPS) is 11.1. The SMILES string of the molecule is CCCOc1ccc(N(CC(=O)Nc2cccc(Cl)c2C)S(C)(=O)=O)cc1. The predicted octanol–water partition coefficient (Wildman–Crippen LogP) is 3.84. The molecule has 0 radical (unpaired) electrons. The third-order valence-corrected chi connectivity index (χ3v) is 5.38. The van der Waals surface area contributed by atoms with Crippen molar-refractivity contribution in [2.45, 2.75) is 20.3 Å². The highest BCUT2D eigenvalue weighted by atomic mass is 35.5. The molecule has 0 bridgehead atoms. The van der Waals surface area contributed by atoms with Crippen LogP contribution in [-0.4, -0.2) is 33.7 Å². The summed E-state index contributed by atoms with van der Waals surface area (Å²) in [4.78, 5) is 12.4. The molecular weight excluding hydrogens is 388 g/mol. The molecule has 0 heterocycles. The molecule has 0 unspecified atom stereocenters. The summed E-state index contributed by atoms with van der Waals surface area (Å²) in [5, 5.41) is 3.23. The number of halogens is 1. The van der Waals surface area contributed by atoms with Gasteiger partial charge in [0.1, 0.15) is 12.3 Å². The number of nitrogens with one attached hydrogen (secondary N) is 1. The van der Waals surface area contributed by atoms with Gasteiger partial charge < -0.3 is 10.1 Å². The summed E-state index contributed by atoms with van der Waals surface area (Å²) in [5.74, 6) is 0.185. The summed E-state index contributed by atoms with van der Waals surface area (Å²) in [7, 11) is -3.65. The second-order valence-electron chi connectivity index (χ2n) is 6.07. The van der Waals surface area contributed by atoms with Gasteiger partial charge in [-0.25, -0.2) is 8.42 Å². The first-order valence-electron chi connectivity index (χ1n) is 8.48. The fraction of sp³-hybridized carbons (Fsp3) is 0.316. The minimum atomic E-state index is -3.65. The average molecular weight is 411 g/mol. The van der Waals surface area contributed by atoms with Crippen LogP contribution in [0.4, 0.5) is 11.4 Å². The lowest BCUT2D eigenvalue weighted by Gasteiger charge is -2.22. The van der Waals surface area contributed by atoms with Crippen molar-refractivity contribution in [3.63, 3.8) is 0 Å². The Balaban J connectivity index is 2.17. The van der Waals surface area contributed by atoms with Crippen LogP contribution in [0.5, 0.6) is 5.75 Å². The average Bonchev–Trinajstić information content (AvgIpc) is 2.61. The van der Waals surface area contributed by atoms with E-state index in [0.29, 0.717) is 28.8 Å². The predicted molar refractivity (Wildman–Crippen MR) is 109 cm³/mol. The Morgan fingerprint density at radius 3 is 2.44 bits per heavy atom. The first-order valence-corrected chi connectivity index (χ1v) is 10.7. The fourth-order valence-corrected chi connectivity index (χ4v) is 3.42. The molecule has 27 heavy (non-hydrogen) atoms. The van der Waals surface area contributed by atoms with E-state index in [4.69, 9.17) is 16.3 Å². The number of hydrogen-bond acceptors (Lipinski definition) is 4. The molecule has 0 aliphatic rings. The van der Waals surface area contributed by atoms with E-state index in [1.54, 1.807) is 49.4 Å². The minimum absolute atomic E-state index is 0.347. The van der Waals surface area contributed by atoms with Gasteiger partial charge in [0.15, 0.2) is 0 Å². The second kappa shape index (κ2) is 9.10. The van der Waals surface area contributed by atoms with Gasteiger partial charge >= 0.3 is 0 Å². The molecule has 0 atom stereocenters. The minimum Gasteiger partial charge on any atom is -0.494 e. The highest BCUT2D eigenvalue weighted by molar-refractivity contribution is 7.92. The summed E-state index contributed by atoms with van der Waals surface area (Å²) < 4.78 is 30.9. The molecule has 1 N–H and O–H groups in total. The van der Waals surface area contributed by atoms with Crippen LogP contribution < -0.4 is 14.4 Å². The molecule has 146 valence electrons. The van der Waals surface area contributed by atoms with E-state index in [9.17, 15) is 13.2 Å². The molecule has 0 saturated heterocycles. The maximum absolute atomic E-state index is 12.4. The number of benzene rings is 2. The van der Waals surface area contributed by atoms with Gasteiger partial charge in [-0.05, 0) is 55.3 Å².